The molecule has 3 aromatic rings. The number of nitrogens with zero attached hydrogens (tertiary/aromatic N) is 1. The van der Waals surface area contributed by atoms with E-state index in [-0.39, 0.29) is 10.6 Å². The van der Waals surface area contributed by atoms with Gasteiger partial charge in [-0.3, -0.25) is 9.59 Å². The Morgan fingerprint density at radius 3 is 2.35 bits per heavy atom. The first kappa shape index (κ1) is 26.3. The summed E-state index contributed by atoms with van der Waals surface area (Å²) in [5, 5.41) is 3.67. The first-order valence-corrected chi connectivity index (χ1v) is 12.9. The summed E-state index contributed by atoms with van der Waals surface area (Å²) in [6.45, 7) is 2.35. The Kier molecular flexibility index (Phi) is 8.53. The zero-order valence-electron chi connectivity index (χ0n) is 20.3. The molecule has 0 spiro atoms. The number of amides is 2. The Morgan fingerprint density at radius 2 is 1.68 bits per heavy atom. The molecule has 0 aromatic heterocycles. The summed E-state index contributed by atoms with van der Waals surface area (Å²) in [5.74, 6) is -0.934. The zero-order valence-corrected chi connectivity index (χ0v) is 21.9. The van der Waals surface area contributed by atoms with Crippen LogP contribution in [0.5, 0.6) is 5.75 Å². The number of halogens is 1. The number of nitrogens with one attached hydrogen (secondary N) is 1. The minimum Gasteiger partial charge on any atom is -0.495 e. The van der Waals surface area contributed by atoms with Crippen molar-refractivity contribution in [2.45, 2.75) is 24.7 Å². The molecular weight excluding hydrogens is 512 g/mol. The van der Waals surface area contributed by atoms with Gasteiger partial charge in [-0.05, 0) is 67.1 Å². The first-order valence-electron chi connectivity index (χ1n) is 11.7. The van der Waals surface area contributed by atoms with Crippen molar-refractivity contribution in [3.8, 4) is 5.75 Å². The fourth-order valence-corrected chi connectivity index (χ4v) is 4.64. The van der Waals surface area contributed by atoms with Crippen LogP contribution >= 0.6 is 23.4 Å². The molecule has 7 nitrogen and oxygen atoms in total. The molecule has 1 heterocycles. The van der Waals surface area contributed by atoms with E-state index < -0.39 is 17.8 Å². The van der Waals surface area contributed by atoms with Gasteiger partial charge in [-0.2, -0.15) is 0 Å². The van der Waals surface area contributed by atoms with Crippen molar-refractivity contribution in [1.82, 2.24) is 0 Å². The average molecular weight is 537 g/mol. The molecule has 1 aliphatic rings. The second-order valence-electron chi connectivity index (χ2n) is 8.07. The van der Waals surface area contributed by atoms with E-state index in [1.807, 2.05) is 13.0 Å². The molecule has 0 bridgehead atoms. The predicted molar refractivity (Wildman–Crippen MR) is 145 cm³/mol. The molecule has 1 aliphatic heterocycles. The van der Waals surface area contributed by atoms with Crippen molar-refractivity contribution in [3.05, 3.63) is 94.0 Å². The van der Waals surface area contributed by atoms with Gasteiger partial charge >= 0.3 is 5.97 Å². The van der Waals surface area contributed by atoms with Crippen molar-refractivity contribution >= 4 is 52.5 Å². The van der Waals surface area contributed by atoms with Crippen LogP contribution in [0.4, 0.5) is 11.4 Å². The minimum atomic E-state index is -0.523. The van der Waals surface area contributed by atoms with Crippen LogP contribution < -0.4 is 15.0 Å². The Hall–Kier alpha value is -3.75. The summed E-state index contributed by atoms with van der Waals surface area (Å²) in [6, 6.07) is 20.3. The number of anilines is 2. The lowest BCUT2D eigenvalue weighted by molar-refractivity contribution is -0.120. The molecule has 0 saturated carbocycles. The number of imide groups is 1. The molecule has 0 saturated heterocycles. The molecule has 0 aliphatic carbocycles. The highest BCUT2D eigenvalue weighted by molar-refractivity contribution is 8.04. The molecule has 0 unspecified atom stereocenters. The molecule has 0 fully saturated rings. The third-order valence-electron chi connectivity index (χ3n) is 5.53. The van der Waals surface area contributed by atoms with Crippen LogP contribution in [0.15, 0.2) is 88.3 Å². The number of esters is 1. The number of methoxy groups -OCH3 is 1. The van der Waals surface area contributed by atoms with E-state index in [0.717, 1.165) is 34.4 Å². The maximum Gasteiger partial charge on any atom is 0.338 e. The number of ether oxygens (including phenoxy) is 2. The first-order chi connectivity index (χ1) is 17.9. The fourth-order valence-electron chi connectivity index (χ4n) is 3.59. The molecule has 37 heavy (non-hydrogen) atoms. The van der Waals surface area contributed by atoms with Crippen LogP contribution in [0.3, 0.4) is 0 Å². The number of rotatable bonds is 10. The molecule has 190 valence electrons. The van der Waals surface area contributed by atoms with E-state index >= 15 is 0 Å². The van der Waals surface area contributed by atoms with Gasteiger partial charge in [-0.15, -0.1) is 0 Å². The van der Waals surface area contributed by atoms with Crippen LogP contribution in [0, 0.1) is 0 Å². The van der Waals surface area contributed by atoms with Crippen LogP contribution in [0.2, 0.25) is 5.02 Å². The number of unbranched alkanes of at least 4 members (excludes halogenated alkanes) is 1. The van der Waals surface area contributed by atoms with E-state index in [9.17, 15) is 14.4 Å². The monoisotopic (exact) mass is 536 g/mol. The normalized spacial score (nSPS) is 13.2. The largest absolute Gasteiger partial charge is 0.495 e. The smallest absolute Gasteiger partial charge is 0.338 e. The van der Waals surface area contributed by atoms with E-state index in [1.54, 1.807) is 66.7 Å². The summed E-state index contributed by atoms with van der Waals surface area (Å²) >= 11 is 7.18. The molecule has 0 atom stereocenters. The second kappa shape index (κ2) is 12.0. The highest BCUT2D eigenvalue weighted by Crippen LogP contribution is 2.39. The van der Waals surface area contributed by atoms with E-state index in [1.165, 1.54) is 7.11 Å². The summed E-state index contributed by atoms with van der Waals surface area (Å²) in [7, 11) is 1.53. The van der Waals surface area contributed by atoms with Crippen molar-refractivity contribution in [1.29, 1.82) is 0 Å². The number of para-hydroxylation sites is 2. The SMILES string of the molecule is CCCCOC(=O)c1ccc(N2C(=O)C(Nc3ccccc3OC)=C(Sc3ccc(Cl)cc3)C2=O)cc1. The molecule has 9 heteroatoms. The maximum absolute atomic E-state index is 13.6. The summed E-state index contributed by atoms with van der Waals surface area (Å²) in [6.07, 6.45) is 1.70. The molecule has 3 aromatic carbocycles. The molecule has 2 amide bonds. The van der Waals surface area contributed by atoms with Gasteiger partial charge in [0.05, 0.1) is 30.7 Å². The minimum absolute atomic E-state index is 0.123. The van der Waals surface area contributed by atoms with Gasteiger partial charge < -0.3 is 14.8 Å². The standard InChI is InChI=1S/C28H25ClN2O5S/c1-3-4-17-36-28(34)18-9-13-20(14-10-18)31-26(32)24(30-22-7-5-6-8-23(22)35-2)25(27(31)33)37-21-15-11-19(29)12-16-21/h5-16,30H,3-4,17H2,1-2H3. The lowest BCUT2D eigenvalue weighted by atomic mass is 10.2. The number of thioether (sulfide) groups is 1. The quantitative estimate of drug-likeness (QED) is 0.185. The Balaban J connectivity index is 1.65. The molecule has 1 N–H and O–H groups in total. The van der Waals surface area contributed by atoms with E-state index in [2.05, 4.69) is 5.32 Å². The lowest BCUT2D eigenvalue weighted by Crippen LogP contribution is -2.32. The maximum atomic E-state index is 13.6. The third kappa shape index (κ3) is 5.98. The van der Waals surface area contributed by atoms with Crippen molar-refractivity contribution < 1.29 is 23.9 Å². The highest BCUT2D eigenvalue weighted by atomic mass is 35.5. The number of carbonyl (C=O) groups excluding carboxylic acids is 3. The van der Waals surface area contributed by atoms with Gasteiger partial charge in [-0.1, -0.05) is 48.8 Å². The summed E-state index contributed by atoms with van der Waals surface area (Å²) < 4.78 is 10.7. The van der Waals surface area contributed by atoms with Crippen molar-refractivity contribution in [2.75, 3.05) is 23.9 Å². The van der Waals surface area contributed by atoms with Crippen molar-refractivity contribution in [3.63, 3.8) is 0 Å². The Morgan fingerprint density at radius 1 is 0.973 bits per heavy atom. The topological polar surface area (TPSA) is 84.9 Å². The number of carbonyl (C=O) groups is 3. The summed E-state index contributed by atoms with van der Waals surface area (Å²) in [5.41, 5.74) is 1.35. The van der Waals surface area contributed by atoms with Crippen molar-refractivity contribution in [2.24, 2.45) is 0 Å². The van der Waals surface area contributed by atoms with Crippen LogP contribution in [0.1, 0.15) is 30.1 Å². The van der Waals surface area contributed by atoms with E-state index in [4.69, 9.17) is 21.1 Å². The van der Waals surface area contributed by atoms with Gasteiger partial charge in [0, 0.05) is 9.92 Å². The predicted octanol–water partition coefficient (Wildman–Crippen LogP) is 6.29. The van der Waals surface area contributed by atoms with E-state index in [0.29, 0.717) is 34.3 Å². The Bertz CT molecular complexity index is 1340. The third-order valence-corrected chi connectivity index (χ3v) is 6.88. The fraction of sp³-hybridized carbons (Fsp3) is 0.179. The van der Waals surface area contributed by atoms with Crippen LogP contribution in [0.25, 0.3) is 0 Å². The molecular formula is C28H25ClN2O5S. The second-order valence-corrected chi connectivity index (χ2v) is 9.59. The molecule has 0 radical (unpaired) electrons. The average Bonchev–Trinajstić information content (AvgIpc) is 3.14. The zero-order chi connectivity index (χ0) is 26.4. The van der Waals surface area contributed by atoms with Gasteiger partial charge in [0.1, 0.15) is 16.4 Å². The van der Waals surface area contributed by atoms with Crippen LogP contribution in [-0.2, 0) is 14.3 Å². The molecule has 4 rings (SSSR count). The number of benzene rings is 3. The highest BCUT2D eigenvalue weighted by Gasteiger charge is 2.40. The lowest BCUT2D eigenvalue weighted by Gasteiger charge is -2.16. The Labute approximate surface area is 224 Å². The number of hydrogen-bond acceptors (Lipinski definition) is 7. The number of hydrogen-bond donors (Lipinski definition) is 1. The van der Waals surface area contributed by atoms with Gasteiger partial charge in [0.25, 0.3) is 11.8 Å². The van der Waals surface area contributed by atoms with Gasteiger partial charge in [-0.25, -0.2) is 9.69 Å². The van der Waals surface area contributed by atoms with Gasteiger partial charge in [0.2, 0.25) is 0 Å². The van der Waals surface area contributed by atoms with Crippen LogP contribution in [-0.4, -0.2) is 31.5 Å². The van der Waals surface area contributed by atoms with Gasteiger partial charge in [0.15, 0.2) is 0 Å². The summed E-state index contributed by atoms with van der Waals surface area (Å²) in [4.78, 5) is 41.5.